The van der Waals surface area contributed by atoms with E-state index in [1.807, 2.05) is 0 Å². The normalized spacial score (nSPS) is 25.3. The molecule has 3 atom stereocenters. The highest BCUT2D eigenvalue weighted by molar-refractivity contribution is 4.73. The van der Waals surface area contributed by atoms with Gasteiger partial charge in [-0.2, -0.15) is 0 Å². The second kappa shape index (κ2) is 7.97. The van der Waals surface area contributed by atoms with E-state index in [9.17, 15) is 0 Å². The standard InChI is InChI=1S/C11H23NO4/c1-14-8-10(12)11(6-13)16-7-9-4-2-3-5-15-9/h9-11,13H,2-8,12H2,1H3. The van der Waals surface area contributed by atoms with Gasteiger partial charge in [0.2, 0.25) is 0 Å². The van der Waals surface area contributed by atoms with Crippen LogP contribution >= 0.6 is 0 Å². The van der Waals surface area contributed by atoms with Crippen LogP contribution < -0.4 is 5.73 Å². The van der Waals surface area contributed by atoms with Crippen molar-refractivity contribution >= 4 is 0 Å². The van der Waals surface area contributed by atoms with Crippen LogP contribution in [-0.2, 0) is 14.2 Å². The van der Waals surface area contributed by atoms with E-state index in [1.165, 1.54) is 6.42 Å². The molecule has 0 saturated carbocycles. The summed E-state index contributed by atoms with van der Waals surface area (Å²) < 4.78 is 16.0. The SMILES string of the molecule is COCC(N)C(CO)OCC1CCCCO1. The van der Waals surface area contributed by atoms with Gasteiger partial charge in [-0.05, 0) is 19.3 Å². The molecule has 1 heterocycles. The first kappa shape index (κ1) is 13.9. The lowest BCUT2D eigenvalue weighted by molar-refractivity contribution is -0.0842. The van der Waals surface area contributed by atoms with Gasteiger partial charge in [0.15, 0.2) is 0 Å². The van der Waals surface area contributed by atoms with Crippen molar-refractivity contribution in [2.45, 2.75) is 37.5 Å². The van der Waals surface area contributed by atoms with Crippen molar-refractivity contribution < 1.29 is 19.3 Å². The molecule has 16 heavy (non-hydrogen) atoms. The minimum Gasteiger partial charge on any atom is -0.394 e. The smallest absolute Gasteiger partial charge is 0.0979 e. The predicted molar refractivity (Wildman–Crippen MR) is 60.3 cm³/mol. The van der Waals surface area contributed by atoms with Crippen molar-refractivity contribution in [1.29, 1.82) is 0 Å². The third-order valence-electron chi connectivity index (χ3n) is 2.79. The van der Waals surface area contributed by atoms with Crippen LogP contribution in [0.15, 0.2) is 0 Å². The average Bonchev–Trinajstić information content (AvgIpc) is 2.31. The Morgan fingerprint density at radius 3 is 2.88 bits per heavy atom. The van der Waals surface area contributed by atoms with Crippen LogP contribution in [0.1, 0.15) is 19.3 Å². The Labute approximate surface area is 96.9 Å². The quantitative estimate of drug-likeness (QED) is 0.642. The number of aliphatic hydroxyl groups is 1. The molecule has 0 bridgehead atoms. The van der Waals surface area contributed by atoms with Crippen LogP contribution in [0.25, 0.3) is 0 Å². The second-order valence-corrected chi connectivity index (χ2v) is 4.16. The number of hydrogen-bond donors (Lipinski definition) is 2. The van der Waals surface area contributed by atoms with Crippen LogP contribution in [0.4, 0.5) is 0 Å². The molecule has 3 N–H and O–H groups in total. The van der Waals surface area contributed by atoms with Gasteiger partial charge in [0, 0.05) is 13.7 Å². The molecule has 5 heteroatoms. The Bertz CT molecular complexity index is 173. The van der Waals surface area contributed by atoms with Crippen molar-refractivity contribution in [3.05, 3.63) is 0 Å². The maximum atomic E-state index is 9.15. The fraction of sp³-hybridized carbons (Fsp3) is 1.00. The lowest BCUT2D eigenvalue weighted by Crippen LogP contribution is -2.44. The summed E-state index contributed by atoms with van der Waals surface area (Å²) in [6.45, 7) is 1.61. The van der Waals surface area contributed by atoms with Crippen LogP contribution in [0.3, 0.4) is 0 Å². The van der Waals surface area contributed by atoms with Crippen LogP contribution in [-0.4, -0.2) is 56.9 Å². The summed E-state index contributed by atoms with van der Waals surface area (Å²) in [6, 6.07) is -0.293. The summed E-state index contributed by atoms with van der Waals surface area (Å²) in [6.07, 6.45) is 3.12. The molecule has 1 aliphatic rings. The molecule has 3 unspecified atom stereocenters. The highest BCUT2D eigenvalue weighted by Gasteiger charge is 2.21. The molecule has 0 amide bonds. The van der Waals surface area contributed by atoms with Gasteiger partial charge in [-0.15, -0.1) is 0 Å². The van der Waals surface area contributed by atoms with Crippen LogP contribution in [0.5, 0.6) is 0 Å². The van der Waals surface area contributed by atoms with Gasteiger partial charge in [0.1, 0.15) is 0 Å². The molecule has 0 aliphatic carbocycles. The number of methoxy groups -OCH3 is 1. The van der Waals surface area contributed by atoms with Gasteiger partial charge in [0.25, 0.3) is 0 Å². The number of nitrogens with two attached hydrogens (primary N) is 1. The molecule has 1 rings (SSSR count). The molecule has 1 aliphatic heterocycles. The summed E-state index contributed by atoms with van der Waals surface area (Å²) in [7, 11) is 1.58. The fourth-order valence-electron chi connectivity index (χ4n) is 1.78. The maximum Gasteiger partial charge on any atom is 0.0979 e. The van der Waals surface area contributed by atoms with E-state index in [4.69, 9.17) is 25.1 Å². The van der Waals surface area contributed by atoms with E-state index in [2.05, 4.69) is 0 Å². The van der Waals surface area contributed by atoms with E-state index in [0.717, 1.165) is 19.4 Å². The first-order chi connectivity index (χ1) is 7.77. The zero-order chi connectivity index (χ0) is 11.8. The molecule has 1 saturated heterocycles. The fourth-order valence-corrected chi connectivity index (χ4v) is 1.78. The molecule has 0 spiro atoms. The highest BCUT2D eigenvalue weighted by Crippen LogP contribution is 2.13. The lowest BCUT2D eigenvalue weighted by atomic mass is 10.1. The Hall–Kier alpha value is -0.200. The largest absolute Gasteiger partial charge is 0.394 e. The van der Waals surface area contributed by atoms with Gasteiger partial charge in [-0.1, -0.05) is 0 Å². The summed E-state index contributed by atoms with van der Waals surface area (Å²) in [5, 5.41) is 9.15. The number of ether oxygens (including phenoxy) is 3. The average molecular weight is 233 g/mol. The number of hydrogen-bond acceptors (Lipinski definition) is 5. The van der Waals surface area contributed by atoms with E-state index in [1.54, 1.807) is 7.11 Å². The molecular weight excluding hydrogens is 210 g/mol. The van der Waals surface area contributed by atoms with Gasteiger partial charge >= 0.3 is 0 Å². The molecular formula is C11H23NO4. The Kier molecular flexibility index (Phi) is 6.91. The molecule has 0 aromatic carbocycles. The van der Waals surface area contributed by atoms with Gasteiger partial charge < -0.3 is 25.1 Å². The summed E-state index contributed by atoms with van der Waals surface area (Å²) >= 11 is 0. The third kappa shape index (κ3) is 4.76. The summed E-state index contributed by atoms with van der Waals surface area (Å²) in [5.74, 6) is 0. The van der Waals surface area contributed by atoms with Crippen LogP contribution in [0, 0.1) is 0 Å². The van der Waals surface area contributed by atoms with Crippen LogP contribution in [0.2, 0.25) is 0 Å². The monoisotopic (exact) mass is 233 g/mol. The van der Waals surface area contributed by atoms with Crippen molar-refractivity contribution in [3.8, 4) is 0 Å². The van der Waals surface area contributed by atoms with Crippen molar-refractivity contribution in [2.75, 3.05) is 33.5 Å². The first-order valence-corrected chi connectivity index (χ1v) is 5.86. The minimum absolute atomic E-state index is 0.0861. The van der Waals surface area contributed by atoms with Crippen molar-refractivity contribution in [1.82, 2.24) is 0 Å². The number of aliphatic hydroxyl groups excluding tert-OH is 1. The highest BCUT2D eigenvalue weighted by atomic mass is 16.5. The topological polar surface area (TPSA) is 73.9 Å². The van der Waals surface area contributed by atoms with Gasteiger partial charge in [-0.3, -0.25) is 0 Å². The zero-order valence-electron chi connectivity index (χ0n) is 9.93. The molecule has 5 nitrogen and oxygen atoms in total. The first-order valence-electron chi connectivity index (χ1n) is 5.86. The van der Waals surface area contributed by atoms with Gasteiger partial charge in [0.05, 0.1) is 38.1 Å². The van der Waals surface area contributed by atoms with Crippen molar-refractivity contribution in [2.24, 2.45) is 5.73 Å². The molecule has 0 radical (unpaired) electrons. The Morgan fingerprint density at radius 1 is 1.50 bits per heavy atom. The van der Waals surface area contributed by atoms with Crippen molar-refractivity contribution in [3.63, 3.8) is 0 Å². The minimum atomic E-state index is -0.370. The lowest BCUT2D eigenvalue weighted by Gasteiger charge is -2.27. The summed E-state index contributed by atoms with van der Waals surface area (Å²) in [4.78, 5) is 0. The van der Waals surface area contributed by atoms with E-state index in [0.29, 0.717) is 13.2 Å². The number of rotatable bonds is 7. The van der Waals surface area contributed by atoms with E-state index >= 15 is 0 Å². The zero-order valence-corrected chi connectivity index (χ0v) is 9.93. The predicted octanol–water partition coefficient (Wildman–Crippen LogP) is -0.0933. The molecule has 0 aromatic rings. The third-order valence-corrected chi connectivity index (χ3v) is 2.79. The van der Waals surface area contributed by atoms with E-state index < -0.39 is 0 Å². The van der Waals surface area contributed by atoms with E-state index in [-0.39, 0.29) is 24.9 Å². The molecule has 1 fully saturated rings. The molecule has 0 aromatic heterocycles. The Morgan fingerprint density at radius 2 is 2.31 bits per heavy atom. The second-order valence-electron chi connectivity index (χ2n) is 4.16. The van der Waals surface area contributed by atoms with Gasteiger partial charge in [-0.25, -0.2) is 0 Å². The Balaban J connectivity index is 2.21. The maximum absolute atomic E-state index is 9.15. The molecule has 96 valence electrons. The summed E-state index contributed by atoms with van der Waals surface area (Å²) in [5.41, 5.74) is 5.80.